The van der Waals surface area contributed by atoms with Gasteiger partial charge in [-0.2, -0.15) is 0 Å². The first-order valence-electron chi connectivity index (χ1n) is 7.86. The normalized spacial score (nSPS) is 16.5. The molecule has 0 saturated heterocycles. The summed E-state index contributed by atoms with van der Waals surface area (Å²) in [5.41, 5.74) is 3.55. The summed E-state index contributed by atoms with van der Waals surface area (Å²) >= 11 is 1.15. The number of carboxylic acids is 1. The maximum absolute atomic E-state index is 12.7. The molecule has 4 nitrogen and oxygen atoms in total. The minimum absolute atomic E-state index is 0.000900. The van der Waals surface area contributed by atoms with Gasteiger partial charge >= 0.3 is 5.97 Å². The minimum atomic E-state index is -0.892. The third-order valence-electron chi connectivity index (χ3n) is 4.20. The van der Waals surface area contributed by atoms with E-state index in [2.05, 4.69) is 12.1 Å². The number of hydrogen-bond acceptors (Lipinski definition) is 3. The fourth-order valence-corrected chi connectivity index (χ4v) is 3.68. The smallest absolute Gasteiger partial charge is 0.313 e. The van der Waals surface area contributed by atoms with Crippen LogP contribution in [0.25, 0.3) is 0 Å². The molecule has 0 radical (unpaired) electrons. The summed E-state index contributed by atoms with van der Waals surface area (Å²) in [6.07, 6.45) is 0.787. The Kier molecular flexibility index (Phi) is 5.20. The minimum Gasteiger partial charge on any atom is -0.481 e. The summed E-state index contributed by atoms with van der Waals surface area (Å²) in [6.45, 7) is 0.572. The number of hydrogen-bond donors (Lipinski definition) is 1. The second-order valence-electron chi connectivity index (χ2n) is 5.81. The van der Waals surface area contributed by atoms with E-state index in [4.69, 9.17) is 5.11 Å². The van der Waals surface area contributed by atoms with Crippen molar-refractivity contribution in [3.05, 3.63) is 71.3 Å². The summed E-state index contributed by atoms with van der Waals surface area (Å²) in [6, 6.07) is 18.2. The average Bonchev–Trinajstić information content (AvgIpc) is 2.61. The molecule has 3 rings (SSSR count). The monoisotopic (exact) mass is 341 g/mol. The zero-order valence-corrected chi connectivity index (χ0v) is 14.0. The van der Waals surface area contributed by atoms with E-state index in [1.807, 2.05) is 47.4 Å². The zero-order valence-electron chi connectivity index (χ0n) is 13.2. The lowest BCUT2D eigenvalue weighted by molar-refractivity contribution is -0.134. The number of rotatable bonds is 5. The van der Waals surface area contributed by atoms with Crippen molar-refractivity contribution >= 4 is 23.6 Å². The predicted molar refractivity (Wildman–Crippen MR) is 94.8 cm³/mol. The van der Waals surface area contributed by atoms with Crippen molar-refractivity contribution in [1.82, 2.24) is 4.90 Å². The van der Waals surface area contributed by atoms with Crippen molar-refractivity contribution in [2.75, 3.05) is 11.5 Å². The van der Waals surface area contributed by atoms with Gasteiger partial charge < -0.3 is 10.0 Å². The van der Waals surface area contributed by atoms with Gasteiger partial charge in [0.15, 0.2) is 0 Å². The van der Waals surface area contributed by atoms with Gasteiger partial charge in [-0.25, -0.2) is 0 Å². The summed E-state index contributed by atoms with van der Waals surface area (Å²) in [7, 11) is 0. The Morgan fingerprint density at radius 1 is 1.00 bits per heavy atom. The number of aliphatic carboxylic acids is 1. The lowest BCUT2D eigenvalue weighted by atomic mass is 9.90. The van der Waals surface area contributed by atoms with E-state index in [0.717, 1.165) is 23.7 Å². The van der Waals surface area contributed by atoms with Crippen molar-refractivity contribution < 1.29 is 14.7 Å². The molecule has 124 valence electrons. The summed E-state index contributed by atoms with van der Waals surface area (Å²) in [4.78, 5) is 25.2. The summed E-state index contributed by atoms with van der Waals surface area (Å²) < 4.78 is 0. The molecule has 1 atom stereocenters. The van der Waals surface area contributed by atoms with Gasteiger partial charge in [-0.1, -0.05) is 54.6 Å². The standard InChI is InChI=1S/C19H19NO3S/c21-18(12-24-13-19(22)23)20-11-16-9-5-4-8-15(16)10-17(20)14-6-2-1-3-7-14/h1-9,17H,10-13H2,(H,22,23). The molecule has 2 aromatic rings. The van der Waals surface area contributed by atoms with Gasteiger partial charge in [0.2, 0.25) is 5.91 Å². The first kappa shape index (κ1) is 16.6. The van der Waals surface area contributed by atoms with Crippen LogP contribution in [0, 0.1) is 0 Å². The number of carbonyl (C=O) groups excluding carboxylic acids is 1. The number of fused-ring (bicyclic) bond motifs is 1. The molecule has 1 unspecified atom stereocenters. The van der Waals surface area contributed by atoms with Gasteiger partial charge in [-0.3, -0.25) is 9.59 Å². The molecule has 5 heteroatoms. The van der Waals surface area contributed by atoms with Crippen molar-refractivity contribution in [2.24, 2.45) is 0 Å². The van der Waals surface area contributed by atoms with Gasteiger partial charge in [0.05, 0.1) is 17.5 Å². The highest BCUT2D eigenvalue weighted by Crippen LogP contribution is 2.33. The SMILES string of the molecule is O=C(O)CSCC(=O)N1Cc2ccccc2CC1c1ccccc1. The highest BCUT2D eigenvalue weighted by atomic mass is 32.2. The second kappa shape index (κ2) is 7.53. The van der Waals surface area contributed by atoms with E-state index in [-0.39, 0.29) is 23.5 Å². The van der Waals surface area contributed by atoms with Gasteiger partial charge in [0.1, 0.15) is 0 Å². The van der Waals surface area contributed by atoms with E-state index in [1.54, 1.807) is 0 Å². The lowest BCUT2D eigenvalue weighted by Crippen LogP contribution is -2.40. The quantitative estimate of drug-likeness (QED) is 0.908. The molecule has 0 spiro atoms. The van der Waals surface area contributed by atoms with Crippen LogP contribution in [0.3, 0.4) is 0 Å². The van der Waals surface area contributed by atoms with Crippen LogP contribution in [-0.4, -0.2) is 33.4 Å². The first-order chi connectivity index (χ1) is 11.6. The van der Waals surface area contributed by atoms with Crippen molar-refractivity contribution in [1.29, 1.82) is 0 Å². The van der Waals surface area contributed by atoms with Crippen LogP contribution in [0.4, 0.5) is 0 Å². The topological polar surface area (TPSA) is 57.6 Å². The number of carboxylic acid groups (broad SMARTS) is 1. The third kappa shape index (κ3) is 3.79. The zero-order chi connectivity index (χ0) is 16.9. The van der Waals surface area contributed by atoms with Gasteiger partial charge in [-0.05, 0) is 23.1 Å². The maximum Gasteiger partial charge on any atom is 0.313 e. The van der Waals surface area contributed by atoms with E-state index in [9.17, 15) is 9.59 Å². The highest BCUT2D eigenvalue weighted by molar-refractivity contribution is 8.00. The van der Waals surface area contributed by atoms with Crippen LogP contribution in [-0.2, 0) is 22.6 Å². The molecular weight excluding hydrogens is 322 g/mol. The third-order valence-corrected chi connectivity index (χ3v) is 5.11. The van der Waals surface area contributed by atoms with Gasteiger partial charge in [0.25, 0.3) is 0 Å². The van der Waals surface area contributed by atoms with Gasteiger partial charge in [0, 0.05) is 6.54 Å². The molecule has 24 heavy (non-hydrogen) atoms. The molecule has 0 bridgehead atoms. The molecule has 0 aromatic heterocycles. The molecule has 2 aromatic carbocycles. The van der Waals surface area contributed by atoms with Crippen LogP contribution in [0.15, 0.2) is 54.6 Å². The number of carbonyl (C=O) groups is 2. The van der Waals surface area contributed by atoms with Crippen LogP contribution >= 0.6 is 11.8 Å². The molecule has 1 N–H and O–H groups in total. The molecular formula is C19H19NO3S. The fourth-order valence-electron chi connectivity index (χ4n) is 3.07. The Labute approximate surface area is 145 Å². The Bertz CT molecular complexity index is 732. The lowest BCUT2D eigenvalue weighted by Gasteiger charge is -2.37. The van der Waals surface area contributed by atoms with Crippen LogP contribution in [0.5, 0.6) is 0 Å². The Hall–Kier alpha value is -2.27. The van der Waals surface area contributed by atoms with E-state index >= 15 is 0 Å². The van der Waals surface area contributed by atoms with E-state index in [1.165, 1.54) is 11.1 Å². The summed E-state index contributed by atoms with van der Waals surface area (Å²) in [5, 5.41) is 8.75. The molecule has 1 aliphatic rings. The fraction of sp³-hybridized carbons (Fsp3) is 0.263. The Balaban J connectivity index is 1.83. The molecule has 0 fully saturated rings. The van der Waals surface area contributed by atoms with Crippen LogP contribution < -0.4 is 0 Å². The van der Waals surface area contributed by atoms with Crippen LogP contribution in [0.1, 0.15) is 22.7 Å². The van der Waals surface area contributed by atoms with Crippen molar-refractivity contribution in [3.8, 4) is 0 Å². The van der Waals surface area contributed by atoms with Crippen LogP contribution in [0.2, 0.25) is 0 Å². The average molecular weight is 341 g/mol. The van der Waals surface area contributed by atoms with E-state index < -0.39 is 5.97 Å². The predicted octanol–water partition coefficient (Wildman–Crippen LogP) is 3.13. The van der Waals surface area contributed by atoms with Crippen molar-refractivity contribution in [3.63, 3.8) is 0 Å². The maximum atomic E-state index is 12.7. The number of benzene rings is 2. The number of amides is 1. The van der Waals surface area contributed by atoms with Crippen molar-refractivity contribution in [2.45, 2.75) is 19.0 Å². The number of nitrogens with zero attached hydrogens (tertiary/aromatic N) is 1. The first-order valence-corrected chi connectivity index (χ1v) is 9.01. The van der Waals surface area contributed by atoms with E-state index in [0.29, 0.717) is 6.54 Å². The summed E-state index contributed by atoms with van der Waals surface area (Å²) in [5.74, 6) is -0.759. The van der Waals surface area contributed by atoms with Gasteiger partial charge in [-0.15, -0.1) is 11.8 Å². The Morgan fingerprint density at radius 2 is 1.67 bits per heavy atom. The Morgan fingerprint density at radius 3 is 2.38 bits per heavy atom. The molecule has 1 amide bonds. The molecule has 0 saturated carbocycles. The number of thioether (sulfide) groups is 1. The highest BCUT2D eigenvalue weighted by Gasteiger charge is 2.30. The molecule has 1 heterocycles. The second-order valence-corrected chi connectivity index (χ2v) is 6.79. The molecule has 0 aliphatic carbocycles. The largest absolute Gasteiger partial charge is 0.481 e. The molecule has 1 aliphatic heterocycles.